The molecule has 1 aliphatic rings. The van der Waals surface area contributed by atoms with Crippen molar-refractivity contribution in [2.75, 3.05) is 13.1 Å². The van der Waals surface area contributed by atoms with Gasteiger partial charge in [-0.05, 0) is 37.1 Å². The molecule has 1 aromatic rings. The molecule has 1 aromatic carbocycles. The van der Waals surface area contributed by atoms with Crippen LogP contribution >= 0.6 is 0 Å². The summed E-state index contributed by atoms with van der Waals surface area (Å²) < 4.78 is 0. The lowest BCUT2D eigenvalue weighted by Crippen LogP contribution is -2.33. The van der Waals surface area contributed by atoms with E-state index in [0.29, 0.717) is 13.1 Å². The summed E-state index contributed by atoms with van der Waals surface area (Å²) in [5.41, 5.74) is 3.75. The Morgan fingerprint density at radius 2 is 1.81 bits per heavy atom. The van der Waals surface area contributed by atoms with Crippen molar-refractivity contribution in [3.05, 3.63) is 76.9 Å². The molecule has 108 valence electrons. The van der Waals surface area contributed by atoms with Gasteiger partial charge >= 0.3 is 0 Å². The number of carbonyl (C=O) groups excluding carboxylic acids is 1. The van der Waals surface area contributed by atoms with Crippen LogP contribution in [0.5, 0.6) is 0 Å². The smallest absolute Gasteiger partial charge is 0.187 e. The van der Waals surface area contributed by atoms with Gasteiger partial charge in [-0.1, -0.05) is 48.6 Å². The molecule has 0 aromatic heterocycles. The lowest BCUT2D eigenvalue weighted by Gasteiger charge is -2.18. The Balaban J connectivity index is 2.26. The van der Waals surface area contributed by atoms with E-state index in [-0.39, 0.29) is 5.78 Å². The molecule has 2 rings (SSSR count). The second kappa shape index (κ2) is 7.55. The Kier molecular flexibility index (Phi) is 5.47. The van der Waals surface area contributed by atoms with Crippen LogP contribution < -0.4 is 5.32 Å². The molecule has 2 nitrogen and oxygen atoms in total. The van der Waals surface area contributed by atoms with Gasteiger partial charge in [-0.3, -0.25) is 4.79 Å². The molecule has 0 atom stereocenters. The van der Waals surface area contributed by atoms with Gasteiger partial charge in [0.25, 0.3) is 0 Å². The predicted molar refractivity (Wildman–Crippen MR) is 88.9 cm³/mol. The first-order valence-corrected chi connectivity index (χ1v) is 7.25. The number of hydrogen-bond acceptors (Lipinski definition) is 2. The summed E-state index contributed by atoms with van der Waals surface area (Å²) in [6, 6.07) is 9.95. The van der Waals surface area contributed by atoms with Crippen LogP contribution in [0.3, 0.4) is 0 Å². The van der Waals surface area contributed by atoms with Crippen molar-refractivity contribution in [2.24, 2.45) is 0 Å². The minimum Gasteiger partial charge on any atom is -0.308 e. The van der Waals surface area contributed by atoms with Crippen LogP contribution in [0.2, 0.25) is 0 Å². The van der Waals surface area contributed by atoms with Gasteiger partial charge in [-0.2, -0.15) is 0 Å². The van der Waals surface area contributed by atoms with E-state index in [0.717, 1.165) is 22.3 Å². The summed E-state index contributed by atoms with van der Waals surface area (Å²) in [5, 5.41) is 3.30. The Morgan fingerprint density at radius 1 is 1.10 bits per heavy atom. The van der Waals surface area contributed by atoms with Gasteiger partial charge in [0, 0.05) is 24.2 Å². The average molecular weight is 279 g/mol. The van der Waals surface area contributed by atoms with Crippen LogP contribution in [0.4, 0.5) is 0 Å². The summed E-state index contributed by atoms with van der Waals surface area (Å²) in [6.45, 7) is 5.21. The van der Waals surface area contributed by atoms with E-state index in [1.165, 1.54) is 0 Å². The maximum absolute atomic E-state index is 12.6. The van der Waals surface area contributed by atoms with Crippen molar-refractivity contribution in [2.45, 2.75) is 13.8 Å². The van der Waals surface area contributed by atoms with E-state index < -0.39 is 0 Å². The number of Topliss-reactive ketones (excluding diaryl/α,β-unsaturated/α-hetero) is 1. The van der Waals surface area contributed by atoms with E-state index in [2.05, 4.69) is 5.32 Å². The van der Waals surface area contributed by atoms with Crippen LogP contribution in [0, 0.1) is 0 Å². The first-order valence-electron chi connectivity index (χ1n) is 7.25. The molecule has 1 N–H and O–H groups in total. The monoisotopic (exact) mass is 279 g/mol. The molecule has 1 aliphatic heterocycles. The SMILES string of the molecule is C\C=C/C(=C\C)/C=C1\CNC/C(=C\c2ccccc2)C1=O. The van der Waals surface area contributed by atoms with E-state index >= 15 is 0 Å². The summed E-state index contributed by atoms with van der Waals surface area (Å²) >= 11 is 0. The number of piperidine rings is 1. The van der Waals surface area contributed by atoms with Gasteiger partial charge in [0.1, 0.15) is 0 Å². The standard InChI is InChI=1S/C19H21NO/c1-3-8-15(4-2)11-17-13-20-14-18(19(17)21)12-16-9-6-5-7-10-16/h3-12,20H,13-14H2,1-2H3/b8-3-,15-4+,17-11+,18-12+. The average Bonchev–Trinajstić information content (AvgIpc) is 2.51. The van der Waals surface area contributed by atoms with E-state index in [1.807, 2.05) is 74.6 Å². The minimum atomic E-state index is 0.140. The van der Waals surface area contributed by atoms with E-state index in [9.17, 15) is 4.79 Å². The Morgan fingerprint density at radius 3 is 2.48 bits per heavy atom. The third kappa shape index (κ3) is 4.14. The predicted octanol–water partition coefficient (Wildman–Crippen LogP) is 3.69. The number of nitrogens with one attached hydrogen (secondary N) is 1. The third-order valence-corrected chi connectivity index (χ3v) is 3.39. The molecule has 1 heterocycles. The zero-order chi connectivity index (χ0) is 15.1. The van der Waals surface area contributed by atoms with Crippen molar-refractivity contribution < 1.29 is 4.79 Å². The van der Waals surface area contributed by atoms with Crippen molar-refractivity contribution >= 4 is 11.9 Å². The first-order chi connectivity index (χ1) is 10.2. The Labute approximate surface area is 126 Å². The van der Waals surface area contributed by atoms with Crippen molar-refractivity contribution in [3.63, 3.8) is 0 Å². The summed E-state index contributed by atoms with van der Waals surface area (Å²) in [4.78, 5) is 12.6. The number of ketones is 1. The van der Waals surface area contributed by atoms with Crippen molar-refractivity contribution in [1.82, 2.24) is 5.32 Å². The molecule has 0 bridgehead atoms. The van der Waals surface area contributed by atoms with Crippen LogP contribution in [0.15, 0.2) is 71.4 Å². The molecule has 0 aliphatic carbocycles. The molecule has 0 amide bonds. The van der Waals surface area contributed by atoms with Crippen LogP contribution in [-0.4, -0.2) is 18.9 Å². The molecular formula is C19H21NO. The molecular weight excluding hydrogens is 258 g/mol. The molecule has 0 spiro atoms. The second-order valence-corrected chi connectivity index (χ2v) is 4.97. The zero-order valence-electron chi connectivity index (χ0n) is 12.6. The van der Waals surface area contributed by atoms with E-state index in [1.54, 1.807) is 0 Å². The van der Waals surface area contributed by atoms with Gasteiger partial charge in [0.2, 0.25) is 0 Å². The quantitative estimate of drug-likeness (QED) is 0.675. The molecule has 0 saturated carbocycles. The van der Waals surface area contributed by atoms with Crippen molar-refractivity contribution in [1.29, 1.82) is 0 Å². The topological polar surface area (TPSA) is 29.1 Å². The van der Waals surface area contributed by atoms with Crippen LogP contribution in [-0.2, 0) is 4.79 Å². The fraction of sp³-hybridized carbons (Fsp3) is 0.211. The van der Waals surface area contributed by atoms with Gasteiger partial charge in [0.05, 0.1) is 0 Å². The minimum absolute atomic E-state index is 0.140. The molecule has 2 heteroatoms. The first kappa shape index (κ1) is 15.2. The fourth-order valence-corrected chi connectivity index (χ4v) is 2.30. The number of rotatable bonds is 3. The Bertz CT molecular complexity index is 618. The van der Waals surface area contributed by atoms with E-state index in [4.69, 9.17) is 0 Å². The van der Waals surface area contributed by atoms with Gasteiger partial charge in [0.15, 0.2) is 5.78 Å². The summed E-state index contributed by atoms with van der Waals surface area (Å²) in [6.07, 6.45) is 9.93. The van der Waals surface area contributed by atoms with Crippen molar-refractivity contribution in [3.8, 4) is 0 Å². The number of carbonyl (C=O) groups is 1. The highest BCUT2D eigenvalue weighted by Gasteiger charge is 2.19. The normalized spacial score (nSPS) is 20.7. The Hall–Kier alpha value is -2.19. The third-order valence-electron chi connectivity index (χ3n) is 3.39. The fourth-order valence-electron chi connectivity index (χ4n) is 2.30. The summed E-state index contributed by atoms with van der Waals surface area (Å²) in [7, 11) is 0. The maximum Gasteiger partial charge on any atom is 0.187 e. The second-order valence-electron chi connectivity index (χ2n) is 4.97. The highest BCUT2D eigenvalue weighted by molar-refractivity contribution is 6.12. The number of benzene rings is 1. The largest absolute Gasteiger partial charge is 0.308 e. The lowest BCUT2D eigenvalue weighted by atomic mass is 9.95. The number of hydrogen-bond donors (Lipinski definition) is 1. The molecule has 1 saturated heterocycles. The molecule has 0 radical (unpaired) electrons. The maximum atomic E-state index is 12.6. The van der Waals surface area contributed by atoms with Gasteiger partial charge < -0.3 is 5.32 Å². The van der Waals surface area contributed by atoms with Gasteiger partial charge in [-0.15, -0.1) is 0 Å². The molecule has 21 heavy (non-hydrogen) atoms. The van der Waals surface area contributed by atoms with Gasteiger partial charge in [-0.25, -0.2) is 0 Å². The molecule has 1 fully saturated rings. The molecule has 0 unspecified atom stereocenters. The number of allylic oxidation sites excluding steroid dienone is 5. The summed E-state index contributed by atoms with van der Waals surface area (Å²) in [5.74, 6) is 0.140. The van der Waals surface area contributed by atoms with Crippen LogP contribution in [0.25, 0.3) is 6.08 Å². The lowest BCUT2D eigenvalue weighted by molar-refractivity contribution is -0.112. The zero-order valence-corrected chi connectivity index (χ0v) is 12.6. The van der Waals surface area contributed by atoms with Crippen LogP contribution in [0.1, 0.15) is 19.4 Å². The highest BCUT2D eigenvalue weighted by Crippen LogP contribution is 2.16. The highest BCUT2D eigenvalue weighted by atomic mass is 16.1.